The second kappa shape index (κ2) is 3.25. The summed E-state index contributed by atoms with van der Waals surface area (Å²) < 4.78 is 0. The van der Waals surface area contributed by atoms with Crippen molar-refractivity contribution in [3.8, 4) is 5.75 Å². The number of fused-ring (bicyclic) bond motifs is 3. The quantitative estimate of drug-likeness (QED) is 0.594. The number of primary amides is 1. The average Bonchev–Trinajstić information content (AvgIpc) is 2.67. The van der Waals surface area contributed by atoms with Gasteiger partial charge in [-0.1, -0.05) is 12.1 Å². The molecule has 0 bridgehead atoms. The lowest BCUT2D eigenvalue weighted by atomic mass is 10.1. The molecule has 1 aromatic heterocycles. The first kappa shape index (κ1) is 9.72. The van der Waals surface area contributed by atoms with Gasteiger partial charge in [0, 0.05) is 21.9 Å². The fourth-order valence-electron chi connectivity index (χ4n) is 2.18. The number of nitrogens with two attached hydrogens (primary N) is 1. The molecule has 0 saturated heterocycles. The predicted octanol–water partition coefficient (Wildman–Crippen LogP) is 2.13. The normalized spacial score (nSPS) is 11.1. The summed E-state index contributed by atoms with van der Waals surface area (Å²) in [4.78, 5) is 14.5. The van der Waals surface area contributed by atoms with Crippen molar-refractivity contribution in [1.29, 1.82) is 0 Å². The standard InChI is InChI=1S/C13H10N2O2/c14-13(17)7-3-1-4-8-11(7)12-9(15-8)5-2-6-10(12)16/h1-6,15-16H,(H2,14,17). The molecular formula is C13H10N2O2. The van der Waals surface area contributed by atoms with Crippen LogP contribution in [0.5, 0.6) is 5.75 Å². The Hall–Kier alpha value is -2.49. The third kappa shape index (κ3) is 1.27. The second-order valence-electron chi connectivity index (χ2n) is 3.92. The Kier molecular flexibility index (Phi) is 1.86. The molecule has 0 spiro atoms. The van der Waals surface area contributed by atoms with E-state index in [4.69, 9.17) is 5.73 Å². The smallest absolute Gasteiger partial charge is 0.249 e. The van der Waals surface area contributed by atoms with E-state index in [9.17, 15) is 9.90 Å². The molecule has 0 aliphatic rings. The van der Waals surface area contributed by atoms with E-state index in [0.717, 1.165) is 11.0 Å². The van der Waals surface area contributed by atoms with Crippen molar-refractivity contribution in [2.24, 2.45) is 5.73 Å². The summed E-state index contributed by atoms with van der Waals surface area (Å²) in [7, 11) is 0. The number of hydrogen-bond donors (Lipinski definition) is 3. The first-order chi connectivity index (χ1) is 8.18. The number of aromatic amines is 1. The Morgan fingerprint density at radius 2 is 1.71 bits per heavy atom. The highest BCUT2D eigenvalue weighted by atomic mass is 16.3. The SMILES string of the molecule is NC(=O)c1cccc2[nH]c3cccc(O)c3c12. The molecule has 0 aliphatic heterocycles. The molecule has 0 radical (unpaired) electrons. The van der Waals surface area contributed by atoms with Crippen molar-refractivity contribution in [3.05, 3.63) is 42.0 Å². The number of H-pyrrole nitrogens is 1. The van der Waals surface area contributed by atoms with Gasteiger partial charge < -0.3 is 15.8 Å². The largest absolute Gasteiger partial charge is 0.507 e. The maximum Gasteiger partial charge on any atom is 0.249 e. The fraction of sp³-hybridized carbons (Fsp3) is 0. The molecule has 0 unspecified atom stereocenters. The Morgan fingerprint density at radius 1 is 1.06 bits per heavy atom. The van der Waals surface area contributed by atoms with E-state index in [1.54, 1.807) is 24.3 Å². The number of carbonyl (C=O) groups is 1. The third-order valence-corrected chi connectivity index (χ3v) is 2.89. The number of amides is 1. The number of aromatic nitrogens is 1. The molecule has 2 aromatic carbocycles. The van der Waals surface area contributed by atoms with E-state index in [1.807, 2.05) is 12.1 Å². The van der Waals surface area contributed by atoms with E-state index in [-0.39, 0.29) is 5.75 Å². The minimum atomic E-state index is -0.500. The van der Waals surface area contributed by atoms with Crippen LogP contribution < -0.4 is 5.73 Å². The molecule has 4 nitrogen and oxygen atoms in total. The molecule has 4 heteroatoms. The molecule has 4 N–H and O–H groups in total. The zero-order valence-corrected chi connectivity index (χ0v) is 8.90. The van der Waals surface area contributed by atoms with E-state index < -0.39 is 5.91 Å². The number of nitrogens with one attached hydrogen (secondary N) is 1. The lowest BCUT2D eigenvalue weighted by molar-refractivity contribution is 0.100. The Bertz CT molecular complexity index is 744. The summed E-state index contributed by atoms with van der Waals surface area (Å²) in [5.74, 6) is -0.359. The number of phenolic OH excluding ortho intramolecular Hbond substituents is 1. The Labute approximate surface area is 96.7 Å². The Balaban J connectivity index is 2.61. The van der Waals surface area contributed by atoms with Crippen LogP contribution in [0, 0.1) is 0 Å². The minimum Gasteiger partial charge on any atom is -0.507 e. The summed E-state index contributed by atoms with van der Waals surface area (Å²) in [5.41, 5.74) is 7.33. The molecule has 84 valence electrons. The lowest BCUT2D eigenvalue weighted by Gasteiger charge is -2.00. The molecule has 0 fully saturated rings. The molecule has 1 amide bonds. The van der Waals surface area contributed by atoms with Gasteiger partial charge in [-0.25, -0.2) is 0 Å². The van der Waals surface area contributed by atoms with Gasteiger partial charge in [-0.2, -0.15) is 0 Å². The molecule has 0 atom stereocenters. The molecule has 0 saturated carbocycles. The van der Waals surface area contributed by atoms with Crippen LogP contribution >= 0.6 is 0 Å². The van der Waals surface area contributed by atoms with Crippen LogP contribution in [0.25, 0.3) is 21.8 Å². The van der Waals surface area contributed by atoms with Gasteiger partial charge in [0.05, 0.1) is 5.52 Å². The fourth-order valence-corrected chi connectivity index (χ4v) is 2.18. The maximum absolute atomic E-state index is 11.4. The van der Waals surface area contributed by atoms with E-state index in [0.29, 0.717) is 16.3 Å². The molecule has 3 rings (SSSR count). The van der Waals surface area contributed by atoms with Crippen molar-refractivity contribution in [2.75, 3.05) is 0 Å². The number of carbonyl (C=O) groups excluding carboxylic acids is 1. The predicted molar refractivity (Wildman–Crippen MR) is 66.0 cm³/mol. The number of phenols is 1. The van der Waals surface area contributed by atoms with Gasteiger partial charge in [0.2, 0.25) is 5.91 Å². The lowest BCUT2D eigenvalue weighted by Crippen LogP contribution is -2.10. The van der Waals surface area contributed by atoms with Gasteiger partial charge in [-0.05, 0) is 24.3 Å². The van der Waals surface area contributed by atoms with Gasteiger partial charge in [0.15, 0.2) is 0 Å². The van der Waals surface area contributed by atoms with Crippen molar-refractivity contribution < 1.29 is 9.90 Å². The number of aromatic hydroxyl groups is 1. The zero-order chi connectivity index (χ0) is 12.0. The summed E-state index contributed by atoms with van der Waals surface area (Å²) >= 11 is 0. The van der Waals surface area contributed by atoms with Crippen LogP contribution in [-0.2, 0) is 0 Å². The van der Waals surface area contributed by atoms with Gasteiger partial charge in [-0.15, -0.1) is 0 Å². The highest BCUT2D eigenvalue weighted by Gasteiger charge is 2.14. The topological polar surface area (TPSA) is 79.1 Å². The molecule has 17 heavy (non-hydrogen) atoms. The van der Waals surface area contributed by atoms with E-state index in [1.165, 1.54) is 0 Å². The summed E-state index contributed by atoms with van der Waals surface area (Å²) in [5, 5.41) is 11.2. The molecule has 0 aliphatic carbocycles. The van der Waals surface area contributed by atoms with E-state index >= 15 is 0 Å². The minimum absolute atomic E-state index is 0.141. The zero-order valence-electron chi connectivity index (χ0n) is 8.90. The summed E-state index contributed by atoms with van der Waals surface area (Å²) in [6, 6.07) is 10.4. The highest BCUT2D eigenvalue weighted by molar-refractivity contribution is 6.19. The van der Waals surface area contributed by atoms with Crippen LogP contribution in [0.3, 0.4) is 0 Å². The number of rotatable bonds is 1. The van der Waals surface area contributed by atoms with Crippen LogP contribution in [0.4, 0.5) is 0 Å². The molecular weight excluding hydrogens is 216 g/mol. The van der Waals surface area contributed by atoms with Crippen molar-refractivity contribution in [3.63, 3.8) is 0 Å². The van der Waals surface area contributed by atoms with Gasteiger partial charge in [0.1, 0.15) is 5.75 Å². The van der Waals surface area contributed by atoms with Gasteiger partial charge in [0.25, 0.3) is 0 Å². The average molecular weight is 226 g/mol. The van der Waals surface area contributed by atoms with Gasteiger partial charge in [-0.3, -0.25) is 4.79 Å². The Morgan fingerprint density at radius 3 is 2.41 bits per heavy atom. The third-order valence-electron chi connectivity index (χ3n) is 2.89. The molecule has 1 heterocycles. The molecule has 3 aromatic rings. The van der Waals surface area contributed by atoms with Crippen LogP contribution in [0.1, 0.15) is 10.4 Å². The first-order valence-electron chi connectivity index (χ1n) is 5.20. The van der Waals surface area contributed by atoms with Crippen molar-refractivity contribution >= 4 is 27.7 Å². The van der Waals surface area contributed by atoms with Crippen molar-refractivity contribution in [2.45, 2.75) is 0 Å². The van der Waals surface area contributed by atoms with Crippen molar-refractivity contribution in [1.82, 2.24) is 4.98 Å². The monoisotopic (exact) mass is 226 g/mol. The highest BCUT2D eigenvalue weighted by Crippen LogP contribution is 2.34. The second-order valence-corrected chi connectivity index (χ2v) is 3.92. The van der Waals surface area contributed by atoms with E-state index in [2.05, 4.69) is 4.98 Å². The first-order valence-corrected chi connectivity index (χ1v) is 5.20. The van der Waals surface area contributed by atoms with Crippen LogP contribution in [0.2, 0.25) is 0 Å². The number of benzene rings is 2. The number of hydrogen-bond acceptors (Lipinski definition) is 2. The maximum atomic E-state index is 11.4. The van der Waals surface area contributed by atoms with Crippen LogP contribution in [-0.4, -0.2) is 16.0 Å². The summed E-state index contributed by atoms with van der Waals surface area (Å²) in [6.45, 7) is 0. The van der Waals surface area contributed by atoms with Crippen LogP contribution in [0.15, 0.2) is 36.4 Å². The summed E-state index contributed by atoms with van der Waals surface area (Å²) in [6.07, 6.45) is 0. The van der Waals surface area contributed by atoms with Gasteiger partial charge >= 0.3 is 0 Å².